The molecule has 0 amide bonds. The van der Waals surface area contributed by atoms with Crippen LogP contribution in [0, 0.1) is 0 Å². The summed E-state index contributed by atoms with van der Waals surface area (Å²) in [6, 6.07) is 30.0. The van der Waals surface area contributed by atoms with E-state index in [9.17, 15) is 5.11 Å². The van der Waals surface area contributed by atoms with Gasteiger partial charge in [0.2, 0.25) is 0 Å². The second-order valence-electron chi connectivity index (χ2n) is 7.96. The fourth-order valence-corrected chi connectivity index (χ4v) is 3.83. The first-order chi connectivity index (χ1) is 15.8. The third kappa shape index (κ3) is 6.73. The number of hydrogen-bond donors (Lipinski definition) is 1. The van der Waals surface area contributed by atoms with Crippen molar-refractivity contribution in [3.05, 3.63) is 108 Å². The highest BCUT2D eigenvalue weighted by molar-refractivity contribution is 5.15. The van der Waals surface area contributed by atoms with E-state index >= 15 is 0 Å². The van der Waals surface area contributed by atoms with Gasteiger partial charge in [-0.15, -0.1) is 0 Å². The molecule has 1 heterocycles. The third-order valence-corrected chi connectivity index (χ3v) is 5.48. The predicted molar refractivity (Wildman–Crippen MR) is 122 cm³/mol. The Morgan fingerprint density at radius 3 is 1.75 bits per heavy atom. The summed E-state index contributed by atoms with van der Waals surface area (Å²) in [5, 5.41) is 10.4. The van der Waals surface area contributed by atoms with Gasteiger partial charge in [-0.25, -0.2) is 0 Å². The number of hydrogen-bond acceptors (Lipinski definition) is 5. The molecule has 0 spiro atoms. The molecule has 0 aliphatic carbocycles. The van der Waals surface area contributed by atoms with Crippen LogP contribution in [0.4, 0.5) is 0 Å². The fourth-order valence-electron chi connectivity index (χ4n) is 3.83. The molecule has 5 nitrogen and oxygen atoms in total. The first kappa shape index (κ1) is 22.6. The van der Waals surface area contributed by atoms with Crippen molar-refractivity contribution in [2.24, 2.45) is 0 Å². The quantitative estimate of drug-likeness (QED) is 0.510. The first-order valence-corrected chi connectivity index (χ1v) is 11.0. The molecule has 1 N–H and O–H groups in total. The van der Waals surface area contributed by atoms with Crippen molar-refractivity contribution in [1.82, 2.24) is 0 Å². The van der Waals surface area contributed by atoms with Crippen LogP contribution in [0.25, 0.3) is 0 Å². The van der Waals surface area contributed by atoms with Crippen molar-refractivity contribution < 1.29 is 24.1 Å². The number of ether oxygens (including phenoxy) is 4. The second-order valence-corrected chi connectivity index (χ2v) is 7.96. The largest absolute Gasteiger partial charge is 0.374 e. The van der Waals surface area contributed by atoms with E-state index in [1.807, 2.05) is 91.0 Å². The predicted octanol–water partition coefficient (Wildman–Crippen LogP) is 4.48. The Hall–Kier alpha value is -2.54. The van der Waals surface area contributed by atoms with E-state index in [1.54, 1.807) is 0 Å². The Morgan fingerprint density at radius 2 is 1.19 bits per heavy atom. The highest BCUT2D eigenvalue weighted by Gasteiger charge is 2.40. The van der Waals surface area contributed by atoms with Gasteiger partial charge < -0.3 is 24.1 Å². The smallest absolute Gasteiger partial charge is 0.157 e. The van der Waals surface area contributed by atoms with Crippen LogP contribution in [0.5, 0.6) is 0 Å². The number of benzene rings is 3. The van der Waals surface area contributed by atoms with Gasteiger partial charge in [-0.1, -0.05) is 91.0 Å². The molecule has 0 aromatic heterocycles. The van der Waals surface area contributed by atoms with Crippen molar-refractivity contribution >= 4 is 0 Å². The molecule has 32 heavy (non-hydrogen) atoms. The van der Waals surface area contributed by atoms with Gasteiger partial charge in [0.25, 0.3) is 0 Å². The zero-order chi connectivity index (χ0) is 22.0. The molecule has 0 bridgehead atoms. The third-order valence-electron chi connectivity index (χ3n) is 5.48. The van der Waals surface area contributed by atoms with Crippen LogP contribution in [0.1, 0.15) is 23.1 Å². The van der Waals surface area contributed by atoms with Crippen LogP contribution in [0.15, 0.2) is 91.0 Å². The van der Waals surface area contributed by atoms with Crippen molar-refractivity contribution in [3.63, 3.8) is 0 Å². The van der Waals surface area contributed by atoms with Crippen LogP contribution >= 0.6 is 0 Å². The maximum Gasteiger partial charge on any atom is 0.157 e. The highest BCUT2D eigenvalue weighted by atomic mass is 16.6. The van der Waals surface area contributed by atoms with Crippen LogP contribution in [-0.4, -0.2) is 36.3 Å². The van der Waals surface area contributed by atoms with E-state index in [2.05, 4.69) is 0 Å². The molecule has 4 rings (SSSR count). The Labute approximate surface area is 189 Å². The summed E-state index contributed by atoms with van der Waals surface area (Å²) in [5.74, 6) is 0. The SMILES string of the molecule is OC1C[C@@H](OCc2ccccc2)C(OCc2ccccc2)[C@@H](COCc2ccccc2)O1. The lowest BCUT2D eigenvalue weighted by atomic mass is 10.0. The Kier molecular flexibility index (Phi) is 8.42. The van der Waals surface area contributed by atoms with Crippen molar-refractivity contribution in [1.29, 1.82) is 0 Å². The number of rotatable bonds is 10. The molecule has 168 valence electrons. The molecule has 0 saturated carbocycles. The van der Waals surface area contributed by atoms with Gasteiger partial charge in [0.05, 0.1) is 32.5 Å². The second kappa shape index (κ2) is 11.9. The number of aliphatic hydroxyl groups is 1. The van der Waals surface area contributed by atoms with Gasteiger partial charge in [0.1, 0.15) is 12.2 Å². The average molecular weight is 435 g/mol. The van der Waals surface area contributed by atoms with E-state index in [0.717, 1.165) is 16.7 Å². The lowest BCUT2D eigenvalue weighted by molar-refractivity contribution is -0.265. The maximum absolute atomic E-state index is 10.4. The Bertz CT molecular complexity index is 903. The molecule has 1 aliphatic rings. The minimum Gasteiger partial charge on any atom is -0.374 e. The summed E-state index contributed by atoms with van der Waals surface area (Å²) < 4.78 is 24.3. The normalized spacial score (nSPS) is 23.2. The molecule has 1 fully saturated rings. The summed E-state index contributed by atoms with van der Waals surface area (Å²) in [6.45, 7) is 1.65. The minimum absolute atomic E-state index is 0.302. The van der Waals surface area contributed by atoms with Gasteiger partial charge in [0.15, 0.2) is 6.29 Å². The van der Waals surface area contributed by atoms with Crippen LogP contribution in [0.3, 0.4) is 0 Å². The minimum atomic E-state index is -0.919. The van der Waals surface area contributed by atoms with Gasteiger partial charge in [-0.05, 0) is 16.7 Å². The molecule has 4 atom stereocenters. The molecule has 5 heteroatoms. The summed E-state index contributed by atoms with van der Waals surface area (Å²) in [7, 11) is 0. The molecule has 1 aliphatic heterocycles. The molecule has 3 aromatic carbocycles. The van der Waals surface area contributed by atoms with E-state index in [4.69, 9.17) is 18.9 Å². The van der Waals surface area contributed by atoms with Crippen LogP contribution in [0.2, 0.25) is 0 Å². The van der Waals surface area contributed by atoms with E-state index in [1.165, 1.54) is 0 Å². The van der Waals surface area contributed by atoms with Crippen LogP contribution in [-0.2, 0) is 38.8 Å². The molecular formula is C27H30O5. The van der Waals surface area contributed by atoms with Gasteiger partial charge in [-0.2, -0.15) is 0 Å². The van der Waals surface area contributed by atoms with Gasteiger partial charge >= 0.3 is 0 Å². The highest BCUT2D eigenvalue weighted by Crippen LogP contribution is 2.27. The van der Waals surface area contributed by atoms with Crippen molar-refractivity contribution in [2.45, 2.75) is 50.8 Å². The summed E-state index contributed by atoms with van der Waals surface area (Å²) in [4.78, 5) is 0. The van der Waals surface area contributed by atoms with Crippen molar-refractivity contribution in [2.75, 3.05) is 6.61 Å². The molecule has 0 radical (unpaired) electrons. The summed E-state index contributed by atoms with van der Waals surface area (Å²) in [6.07, 6.45) is -1.68. The van der Waals surface area contributed by atoms with Gasteiger partial charge in [-0.3, -0.25) is 0 Å². The maximum atomic E-state index is 10.4. The molecule has 3 aromatic rings. The summed E-state index contributed by atoms with van der Waals surface area (Å²) >= 11 is 0. The number of aliphatic hydroxyl groups excluding tert-OH is 1. The average Bonchev–Trinajstić information content (AvgIpc) is 2.84. The monoisotopic (exact) mass is 434 g/mol. The lowest BCUT2D eigenvalue weighted by Crippen LogP contribution is -2.52. The molecule has 2 unspecified atom stereocenters. The molecular weight excluding hydrogens is 404 g/mol. The lowest BCUT2D eigenvalue weighted by Gasteiger charge is -2.39. The Balaban J connectivity index is 1.42. The van der Waals surface area contributed by atoms with E-state index in [0.29, 0.717) is 32.8 Å². The topological polar surface area (TPSA) is 57.2 Å². The first-order valence-electron chi connectivity index (χ1n) is 11.0. The van der Waals surface area contributed by atoms with E-state index in [-0.39, 0.29) is 12.2 Å². The summed E-state index contributed by atoms with van der Waals surface area (Å²) in [5.41, 5.74) is 3.24. The molecule has 1 saturated heterocycles. The van der Waals surface area contributed by atoms with E-state index < -0.39 is 12.4 Å². The van der Waals surface area contributed by atoms with Crippen LogP contribution < -0.4 is 0 Å². The van der Waals surface area contributed by atoms with Gasteiger partial charge in [0, 0.05) is 6.42 Å². The van der Waals surface area contributed by atoms with Crippen molar-refractivity contribution in [3.8, 4) is 0 Å². The fraction of sp³-hybridized carbons (Fsp3) is 0.333. The zero-order valence-electron chi connectivity index (χ0n) is 18.1. The zero-order valence-corrected chi connectivity index (χ0v) is 18.1. The Morgan fingerprint density at radius 1 is 0.688 bits per heavy atom. The standard InChI is InChI=1S/C27H30O5/c28-26-16-24(30-18-22-12-6-2-7-13-22)27(31-19-23-14-8-3-9-15-23)25(32-26)20-29-17-21-10-4-1-5-11-21/h1-15,24-28H,16-20H2/t24-,25-,26?,27?/m1/s1.